The summed E-state index contributed by atoms with van der Waals surface area (Å²) in [7, 11) is 1.54. The van der Waals surface area contributed by atoms with Crippen molar-refractivity contribution in [3.63, 3.8) is 0 Å². The second-order valence-corrected chi connectivity index (χ2v) is 6.29. The molecular formula is C15H23FN2O3. The first-order valence-electron chi connectivity index (χ1n) is 6.71. The summed E-state index contributed by atoms with van der Waals surface area (Å²) >= 11 is 0. The van der Waals surface area contributed by atoms with E-state index in [0.717, 1.165) is 6.20 Å². The van der Waals surface area contributed by atoms with Crippen LogP contribution < -0.4 is 5.32 Å². The Balaban J connectivity index is 2.99. The van der Waals surface area contributed by atoms with E-state index in [1.807, 2.05) is 0 Å². The summed E-state index contributed by atoms with van der Waals surface area (Å²) in [6, 6.07) is 2.23. The molecule has 0 spiro atoms. The topological polar surface area (TPSA) is 60.5 Å². The molecule has 0 saturated carbocycles. The molecule has 1 rings (SSSR count). The van der Waals surface area contributed by atoms with Gasteiger partial charge in [-0.15, -0.1) is 0 Å². The molecule has 0 saturated heterocycles. The molecule has 1 amide bonds. The van der Waals surface area contributed by atoms with E-state index in [1.165, 1.54) is 19.2 Å². The number of hydrogen-bond donors (Lipinski definition) is 1. The monoisotopic (exact) mass is 298 g/mol. The van der Waals surface area contributed by atoms with Crippen molar-refractivity contribution in [1.29, 1.82) is 0 Å². The first-order chi connectivity index (χ1) is 9.55. The van der Waals surface area contributed by atoms with Crippen LogP contribution in [-0.2, 0) is 9.47 Å². The molecule has 0 radical (unpaired) electrons. The Morgan fingerprint density at radius 1 is 1.29 bits per heavy atom. The Kier molecular flexibility index (Phi) is 5.28. The zero-order valence-electron chi connectivity index (χ0n) is 13.4. The van der Waals surface area contributed by atoms with Crippen LogP contribution >= 0.6 is 0 Å². The molecule has 0 aliphatic rings. The van der Waals surface area contributed by atoms with Gasteiger partial charge in [0, 0.05) is 7.11 Å². The average molecular weight is 298 g/mol. The van der Waals surface area contributed by atoms with Crippen LogP contribution in [0.3, 0.4) is 0 Å². The van der Waals surface area contributed by atoms with Gasteiger partial charge in [-0.25, -0.2) is 9.18 Å². The molecule has 1 aromatic rings. The van der Waals surface area contributed by atoms with Crippen LogP contribution in [0.5, 0.6) is 0 Å². The van der Waals surface area contributed by atoms with Crippen molar-refractivity contribution in [2.24, 2.45) is 0 Å². The van der Waals surface area contributed by atoms with Crippen molar-refractivity contribution < 1.29 is 18.7 Å². The van der Waals surface area contributed by atoms with Crippen molar-refractivity contribution in [2.45, 2.75) is 51.9 Å². The number of carbonyl (C=O) groups excluding carboxylic acids is 1. The minimum Gasteiger partial charge on any atom is -0.444 e. The highest BCUT2D eigenvalue weighted by Gasteiger charge is 2.34. The van der Waals surface area contributed by atoms with Gasteiger partial charge in [-0.3, -0.25) is 4.98 Å². The van der Waals surface area contributed by atoms with Crippen LogP contribution in [0.25, 0.3) is 0 Å². The van der Waals surface area contributed by atoms with E-state index in [0.29, 0.717) is 5.69 Å². The van der Waals surface area contributed by atoms with Gasteiger partial charge >= 0.3 is 6.09 Å². The van der Waals surface area contributed by atoms with Crippen molar-refractivity contribution in [3.05, 3.63) is 29.8 Å². The molecule has 0 bridgehead atoms. The third kappa shape index (κ3) is 5.30. The van der Waals surface area contributed by atoms with Gasteiger partial charge in [-0.2, -0.15) is 0 Å². The van der Waals surface area contributed by atoms with Gasteiger partial charge in [0.05, 0.1) is 17.5 Å². The highest BCUT2D eigenvalue weighted by molar-refractivity contribution is 5.68. The fraction of sp³-hybridized carbons (Fsp3) is 0.600. The number of nitrogens with zero attached hydrogens (tertiary/aromatic N) is 1. The number of ether oxygens (including phenoxy) is 2. The first-order valence-corrected chi connectivity index (χ1v) is 6.71. The third-order valence-corrected chi connectivity index (χ3v) is 2.93. The second-order valence-electron chi connectivity index (χ2n) is 6.29. The van der Waals surface area contributed by atoms with E-state index in [2.05, 4.69) is 10.3 Å². The van der Waals surface area contributed by atoms with Crippen LogP contribution in [0.4, 0.5) is 9.18 Å². The number of alkyl carbamates (subject to hydrolysis) is 1. The third-order valence-electron chi connectivity index (χ3n) is 2.93. The van der Waals surface area contributed by atoms with E-state index in [-0.39, 0.29) is 0 Å². The van der Waals surface area contributed by atoms with Gasteiger partial charge < -0.3 is 14.8 Å². The summed E-state index contributed by atoms with van der Waals surface area (Å²) in [5, 5.41) is 2.73. The molecule has 1 atom stereocenters. The quantitative estimate of drug-likeness (QED) is 0.927. The molecule has 1 N–H and O–H groups in total. The minimum absolute atomic E-state index is 0.440. The number of amides is 1. The van der Waals surface area contributed by atoms with Gasteiger partial charge in [-0.1, -0.05) is 0 Å². The van der Waals surface area contributed by atoms with Gasteiger partial charge in [-0.05, 0) is 46.8 Å². The molecule has 0 fully saturated rings. The highest BCUT2D eigenvalue weighted by atomic mass is 19.1. The predicted molar refractivity (Wildman–Crippen MR) is 77.4 cm³/mol. The smallest absolute Gasteiger partial charge is 0.408 e. The lowest BCUT2D eigenvalue weighted by atomic mass is 9.95. The number of methoxy groups -OCH3 is 1. The second kappa shape index (κ2) is 6.39. The number of pyridine rings is 1. The zero-order chi connectivity index (χ0) is 16.3. The summed E-state index contributed by atoms with van der Waals surface area (Å²) in [6.45, 7) is 8.94. The van der Waals surface area contributed by atoms with Crippen molar-refractivity contribution in [1.82, 2.24) is 10.3 Å². The molecular weight excluding hydrogens is 275 g/mol. The first kappa shape index (κ1) is 17.4. The van der Waals surface area contributed by atoms with Crippen LogP contribution in [0.1, 0.15) is 46.4 Å². The molecule has 0 aromatic carbocycles. The Labute approximate surface area is 124 Å². The van der Waals surface area contributed by atoms with Crippen molar-refractivity contribution >= 4 is 6.09 Å². The fourth-order valence-corrected chi connectivity index (χ4v) is 1.71. The molecule has 0 aliphatic heterocycles. The Hall–Kier alpha value is -1.69. The summed E-state index contributed by atoms with van der Waals surface area (Å²) in [6.07, 6.45) is 0.522. The molecule has 5 nitrogen and oxygen atoms in total. The highest BCUT2D eigenvalue weighted by Crippen LogP contribution is 2.27. The predicted octanol–water partition coefficient (Wildman–Crippen LogP) is 3.21. The summed E-state index contributed by atoms with van der Waals surface area (Å²) in [5.41, 5.74) is -0.849. The van der Waals surface area contributed by atoms with E-state index < -0.39 is 29.2 Å². The maximum absolute atomic E-state index is 13.0. The van der Waals surface area contributed by atoms with Crippen LogP contribution in [0, 0.1) is 5.82 Å². The number of carbonyl (C=O) groups is 1. The van der Waals surface area contributed by atoms with Crippen LogP contribution in [0.15, 0.2) is 18.3 Å². The van der Waals surface area contributed by atoms with Crippen LogP contribution in [0.2, 0.25) is 0 Å². The zero-order valence-corrected chi connectivity index (χ0v) is 13.4. The van der Waals surface area contributed by atoms with Gasteiger partial charge in [0.15, 0.2) is 0 Å². The Morgan fingerprint density at radius 2 is 1.90 bits per heavy atom. The van der Waals surface area contributed by atoms with E-state index in [4.69, 9.17) is 9.47 Å². The van der Waals surface area contributed by atoms with E-state index in [1.54, 1.807) is 34.6 Å². The maximum Gasteiger partial charge on any atom is 0.408 e. The summed E-state index contributed by atoms with van der Waals surface area (Å²) < 4.78 is 23.7. The average Bonchev–Trinajstić information content (AvgIpc) is 2.35. The lowest BCUT2D eigenvalue weighted by Crippen LogP contribution is -2.45. The maximum atomic E-state index is 13.0. The molecule has 1 unspecified atom stereocenters. The van der Waals surface area contributed by atoms with Gasteiger partial charge in [0.2, 0.25) is 0 Å². The number of halogens is 1. The molecule has 1 heterocycles. The minimum atomic E-state index is -0.734. The Bertz CT molecular complexity index is 481. The lowest BCUT2D eigenvalue weighted by molar-refractivity contribution is -0.0182. The fourth-order valence-electron chi connectivity index (χ4n) is 1.71. The standard InChI is InChI=1S/C15H23FN2O3/c1-14(2,3)21-13(19)18-12(15(4,5)20-6)11-8-7-10(16)9-17-11/h7-9,12H,1-6H3,(H,18,19). The Morgan fingerprint density at radius 3 is 2.33 bits per heavy atom. The summed E-state index contributed by atoms with van der Waals surface area (Å²) in [5.74, 6) is -0.440. The molecule has 6 heteroatoms. The molecule has 0 aliphatic carbocycles. The largest absolute Gasteiger partial charge is 0.444 e. The number of aromatic nitrogens is 1. The van der Waals surface area contributed by atoms with Crippen molar-refractivity contribution in [2.75, 3.05) is 7.11 Å². The van der Waals surface area contributed by atoms with Gasteiger partial charge in [0.25, 0.3) is 0 Å². The molecule has 1 aromatic heterocycles. The van der Waals surface area contributed by atoms with E-state index in [9.17, 15) is 9.18 Å². The van der Waals surface area contributed by atoms with Gasteiger partial charge in [0.1, 0.15) is 17.5 Å². The number of nitrogens with one attached hydrogen (secondary N) is 1. The lowest BCUT2D eigenvalue weighted by Gasteiger charge is -2.33. The molecule has 21 heavy (non-hydrogen) atoms. The molecule has 118 valence electrons. The SMILES string of the molecule is COC(C)(C)C(NC(=O)OC(C)(C)C)c1ccc(F)cn1. The van der Waals surface area contributed by atoms with Crippen LogP contribution in [-0.4, -0.2) is 29.4 Å². The van der Waals surface area contributed by atoms with E-state index >= 15 is 0 Å². The van der Waals surface area contributed by atoms with Crippen molar-refractivity contribution in [3.8, 4) is 0 Å². The normalized spacial score (nSPS) is 13.7. The summed E-state index contributed by atoms with van der Waals surface area (Å²) in [4.78, 5) is 16.0. The number of hydrogen-bond acceptors (Lipinski definition) is 4. The number of rotatable bonds is 4.